The zero-order valence-electron chi connectivity index (χ0n) is 17.8. The maximum absolute atomic E-state index is 13.0. The summed E-state index contributed by atoms with van der Waals surface area (Å²) in [5, 5.41) is 0.744. The Balaban J connectivity index is 0.00000166. The molecule has 0 saturated heterocycles. The summed E-state index contributed by atoms with van der Waals surface area (Å²) >= 11 is 13.5. The zero-order chi connectivity index (χ0) is 23.0. The van der Waals surface area contributed by atoms with Crippen molar-refractivity contribution in [2.24, 2.45) is 0 Å². The Labute approximate surface area is 196 Å². The molecule has 0 atom stereocenters. The van der Waals surface area contributed by atoms with E-state index >= 15 is 0 Å². The third kappa shape index (κ3) is 6.33. The highest BCUT2D eigenvalue weighted by Crippen LogP contribution is 2.36. The largest absolute Gasteiger partial charge is 0.497 e. The first-order valence-electron chi connectivity index (χ1n) is 9.85. The summed E-state index contributed by atoms with van der Waals surface area (Å²) in [5.74, 6) is 0.159. The SMILES string of the molecule is CC.CCOC(=O)Cc1cc(C(=O)c2ccc(Cl)cc2Cl)sc1-c1ccc(OC)cc1. The van der Waals surface area contributed by atoms with Crippen molar-refractivity contribution in [3.05, 3.63) is 74.6 Å². The van der Waals surface area contributed by atoms with Gasteiger partial charge in [0.15, 0.2) is 0 Å². The molecule has 7 heteroatoms. The van der Waals surface area contributed by atoms with Crippen LogP contribution in [0.5, 0.6) is 5.75 Å². The second-order valence-electron chi connectivity index (χ2n) is 6.13. The van der Waals surface area contributed by atoms with Gasteiger partial charge in [-0.1, -0.05) is 37.0 Å². The van der Waals surface area contributed by atoms with Gasteiger partial charge in [0, 0.05) is 15.5 Å². The molecule has 4 nitrogen and oxygen atoms in total. The van der Waals surface area contributed by atoms with Gasteiger partial charge in [-0.25, -0.2) is 0 Å². The molecule has 31 heavy (non-hydrogen) atoms. The predicted molar refractivity (Wildman–Crippen MR) is 128 cm³/mol. The lowest BCUT2D eigenvalue weighted by atomic mass is 10.0. The van der Waals surface area contributed by atoms with Gasteiger partial charge in [-0.2, -0.15) is 0 Å². The van der Waals surface area contributed by atoms with Crippen LogP contribution in [-0.2, 0) is 16.0 Å². The molecule has 1 heterocycles. The van der Waals surface area contributed by atoms with E-state index in [4.69, 9.17) is 32.7 Å². The molecule has 2 aromatic carbocycles. The van der Waals surface area contributed by atoms with Crippen LogP contribution in [0.3, 0.4) is 0 Å². The molecule has 0 aliphatic rings. The second kappa shape index (κ2) is 11.9. The molecule has 0 amide bonds. The number of ketones is 1. The monoisotopic (exact) mass is 478 g/mol. The van der Waals surface area contributed by atoms with Crippen molar-refractivity contribution in [3.63, 3.8) is 0 Å². The Bertz CT molecular complexity index is 1040. The topological polar surface area (TPSA) is 52.6 Å². The van der Waals surface area contributed by atoms with Gasteiger partial charge in [-0.05, 0) is 66.6 Å². The number of thiophene rings is 1. The maximum Gasteiger partial charge on any atom is 0.310 e. The van der Waals surface area contributed by atoms with Gasteiger partial charge in [-0.3, -0.25) is 9.59 Å². The molecule has 0 aliphatic heterocycles. The fourth-order valence-electron chi connectivity index (χ4n) is 2.83. The Morgan fingerprint density at radius 1 is 1.00 bits per heavy atom. The van der Waals surface area contributed by atoms with Crippen molar-refractivity contribution in [2.45, 2.75) is 27.2 Å². The van der Waals surface area contributed by atoms with E-state index in [0.717, 1.165) is 21.8 Å². The minimum atomic E-state index is -0.344. The summed E-state index contributed by atoms with van der Waals surface area (Å²) in [6.45, 7) is 6.06. The van der Waals surface area contributed by atoms with Crippen LogP contribution < -0.4 is 4.74 Å². The van der Waals surface area contributed by atoms with E-state index in [0.29, 0.717) is 22.1 Å². The Kier molecular flexibility index (Phi) is 9.56. The van der Waals surface area contributed by atoms with Crippen molar-refractivity contribution >= 4 is 46.3 Å². The highest BCUT2D eigenvalue weighted by molar-refractivity contribution is 7.17. The summed E-state index contributed by atoms with van der Waals surface area (Å²) in [5.41, 5.74) is 1.98. The standard InChI is InChI=1S/C22H18Cl2O4S.C2H6/c1-3-28-20(25)11-14-10-19(21(26)17-9-6-15(23)12-18(17)24)29-22(14)13-4-7-16(27-2)8-5-13;1-2/h4-10,12H,3,11H2,1-2H3;1-2H3. The average Bonchev–Trinajstić information content (AvgIpc) is 3.18. The van der Waals surface area contributed by atoms with Crippen LogP contribution >= 0.6 is 34.5 Å². The summed E-state index contributed by atoms with van der Waals surface area (Å²) < 4.78 is 10.3. The molecular formula is C24H24Cl2O4S. The number of esters is 1. The molecule has 3 rings (SSSR count). The molecule has 0 saturated carbocycles. The number of benzene rings is 2. The second-order valence-corrected chi connectivity index (χ2v) is 8.02. The first kappa shape index (κ1) is 24.9. The molecular weight excluding hydrogens is 455 g/mol. The molecule has 0 unspecified atom stereocenters. The van der Waals surface area contributed by atoms with E-state index in [9.17, 15) is 9.59 Å². The quantitative estimate of drug-likeness (QED) is 0.268. The minimum absolute atomic E-state index is 0.0767. The van der Waals surface area contributed by atoms with E-state index < -0.39 is 0 Å². The van der Waals surface area contributed by atoms with E-state index in [2.05, 4.69) is 0 Å². The van der Waals surface area contributed by atoms with E-state index in [1.807, 2.05) is 38.1 Å². The van der Waals surface area contributed by atoms with Crippen molar-refractivity contribution < 1.29 is 19.1 Å². The highest BCUT2D eigenvalue weighted by Gasteiger charge is 2.21. The molecule has 1 aromatic heterocycles. The Morgan fingerprint density at radius 2 is 1.68 bits per heavy atom. The number of halogens is 2. The number of ether oxygens (including phenoxy) is 2. The Morgan fingerprint density at radius 3 is 2.26 bits per heavy atom. The van der Waals surface area contributed by atoms with E-state index in [1.54, 1.807) is 32.2 Å². The number of carbonyl (C=O) groups excluding carboxylic acids is 2. The highest BCUT2D eigenvalue weighted by atomic mass is 35.5. The van der Waals surface area contributed by atoms with Crippen molar-refractivity contribution in [1.29, 1.82) is 0 Å². The number of rotatable bonds is 7. The van der Waals surface area contributed by atoms with Gasteiger partial charge in [0.2, 0.25) is 5.78 Å². The lowest BCUT2D eigenvalue weighted by molar-refractivity contribution is -0.142. The van der Waals surface area contributed by atoms with E-state index in [-0.39, 0.29) is 23.2 Å². The molecule has 164 valence electrons. The van der Waals surface area contributed by atoms with Crippen LogP contribution in [0.25, 0.3) is 10.4 Å². The summed E-state index contributed by atoms with van der Waals surface area (Å²) in [4.78, 5) is 26.4. The summed E-state index contributed by atoms with van der Waals surface area (Å²) in [6.07, 6.45) is 0.0767. The van der Waals surface area contributed by atoms with Crippen LogP contribution in [0, 0.1) is 0 Å². The summed E-state index contributed by atoms with van der Waals surface area (Å²) in [7, 11) is 1.60. The molecule has 0 fully saturated rings. The lowest BCUT2D eigenvalue weighted by Gasteiger charge is -2.05. The van der Waals surface area contributed by atoms with Crippen LogP contribution in [0.2, 0.25) is 10.0 Å². The number of hydrogen-bond acceptors (Lipinski definition) is 5. The number of hydrogen-bond donors (Lipinski definition) is 0. The molecule has 0 radical (unpaired) electrons. The number of carbonyl (C=O) groups is 2. The van der Waals surface area contributed by atoms with Gasteiger partial charge in [0.05, 0.1) is 30.0 Å². The van der Waals surface area contributed by atoms with Crippen LogP contribution in [0.4, 0.5) is 0 Å². The van der Waals surface area contributed by atoms with Gasteiger partial charge < -0.3 is 9.47 Å². The van der Waals surface area contributed by atoms with Gasteiger partial charge in [-0.15, -0.1) is 11.3 Å². The third-order valence-corrected chi connectivity index (χ3v) is 5.97. The lowest BCUT2D eigenvalue weighted by Crippen LogP contribution is -2.07. The normalized spacial score (nSPS) is 10.1. The molecule has 0 aliphatic carbocycles. The number of methoxy groups -OCH3 is 1. The average molecular weight is 479 g/mol. The maximum atomic E-state index is 13.0. The summed E-state index contributed by atoms with van der Waals surface area (Å²) in [6, 6.07) is 13.9. The third-order valence-electron chi connectivity index (χ3n) is 4.20. The van der Waals surface area contributed by atoms with Gasteiger partial charge in [0.25, 0.3) is 0 Å². The predicted octanol–water partition coefficient (Wildman–Crippen LogP) is 7.09. The smallest absolute Gasteiger partial charge is 0.310 e. The molecule has 3 aromatic rings. The molecule has 0 N–H and O–H groups in total. The first-order chi connectivity index (χ1) is 14.9. The van der Waals surface area contributed by atoms with Crippen LogP contribution in [0.15, 0.2) is 48.5 Å². The first-order valence-corrected chi connectivity index (χ1v) is 11.4. The fourth-order valence-corrected chi connectivity index (χ4v) is 4.47. The molecule has 0 spiro atoms. The van der Waals surface area contributed by atoms with Crippen molar-refractivity contribution in [1.82, 2.24) is 0 Å². The molecule has 0 bridgehead atoms. The van der Waals surface area contributed by atoms with Gasteiger partial charge >= 0.3 is 5.97 Å². The van der Waals surface area contributed by atoms with E-state index in [1.165, 1.54) is 17.4 Å². The van der Waals surface area contributed by atoms with Crippen LogP contribution in [-0.4, -0.2) is 25.5 Å². The zero-order valence-corrected chi connectivity index (χ0v) is 20.2. The van der Waals surface area contributed by atoms with Gasteiger partial charge in [0.1, 0.15) is 5.75 Å². The Hall–Kier alpha value is -2.34. The van der Waals surface area contributed by atoms with Crippen molar-refractivity contribution in [2.75, 3.05) is 13.7 Å². The van der Waals surface area contributed by atoms with Crippen LogP contribution in [0.1, 0.15) is 41.6 Å². The minimum Gasteiger partial charge on any atom is -0.497 e. The van der Waals surface area contributed by atoms with Crippen molar-refractivity contribution in [3.8, 4) is 16.2 Å². The fraction of sp³-hybridized carbons (Fsp3) is 0.250.